The standard InChI is InChI=1S/C14H17ClN2O3/c1-9-3-2-4-10(7-9)16-14(18)12-6-5-11(17(19)20)8-13(12)15/h5-6,8-10H,2-4,7H2,1H3,(H,16,18). The molecule has 0 heterocycles. The van der Waals surface area contributed by atoms with Crippen LogP contribution in [0.4, 0.5) is 5.69 Å². The molecule has 1 amide bonds. The molecule has 6 heteroatoms. The van der Waals surface area contributed by atoms with Crippen LogP contribution in [0.3, 0.4) is 0 Å². The number of benzene rings is 1. The molecule has 2 rings (SSSR count). The lowest BCUT2D eigenvalue weighted by molar-refractivity contribution is -0.384. The lowest BCUT2D eigenvalue weighted by Crippen LogP contribution is -2.38. The molecule has 1 aliphatic carbocycles. The largest absolute Gasteiger partial charge is 0.349 e. The van der Waals surface area contributed by atoms with Crippen molar-refractivity contribution in [2.24, 2.45) is 5.92 Å². The molecule has 0 aromatic heterocycles. The van der Waals surface area contributed by atoms with E-state index >= 15 is 0 Å². The predicted octanol–water partition coefficient (Wildman–Crippen LogP) is 3.56. The van der Waals surface area contributed by atoms with E-state index in [1.165, 1.54) is 24.6 Å². The Morgan fingerprint density at radius 2 is 2.20 bits per heavy atom. The number of nitrogens with one attached hydrogen (secondary N) is 1. The Hall–Kier alpha value is -1.62. The molecule has 1 N–H and O–H groups in total. The average Bonchev–Trinajstić information content (AvgIpc) is 2.38. The molecule has 2 unspecified atom stereocenters. The van der Waals surface area contributed by atoms with E-state index < -0.39 is 4.92 Å². The number of carbonyl (C=O) groups is 1. The van der Waals surface area contributed by atoms with Crippen molar-refractivity contribution in [1.29, 1.82) is 0 Å². The lowest BCUT2D eigenvalue weighted by Gasteiger charge is -2.27. The highest BCUT2D eigenvalue weighted by Crippen LogP contribution is 2.25. The van der Waals surface area contributed by atoms with Crippen molar-refractivity contribution in [3.05, 3.63) is 38.9 Å². The van der Waals surface area contributed by atoms with Gasteiger partial charge in [0.25, 0.3) is 11.6 Å². The number of amides is 1. The van der Waals surface area contributed by atoms with Crippen molar-refractivity contribution in [2.45, 2.75) is 38.6 Å². The monoisotopic (exact) mass is 296 g/mol. The fourth-order valence-electron chi connectivity index (χ4n) is 2.63. The Morgan fingerprint density at radius 1 is 1.45 bits per heavy atom. The number of nitrogens with zero attached hydrogens (tertiary/aromatic N) is 1. The minimum absolute atomic E-state index is 0.112. The van der Waals surface area contributed by atoms with Crippen LogP contribution in [0.15, 0.2) is 18.2 Å². The third kappa shape index (κ3) is 3.48. The van der Waals surface area contributed by atoms with Gasteiger partial charge in [0.2, 0.25) is 0 Å². The first-order valence-electron chi connectivity index (χ1n) is 6.72. The second-order valence-electron chi connectivity index (χ2n) is 5.36. The van der Waals surface area contributed by atoms with Crippen LogP contribution < -0.4 is 5.32 Å². The van der Waals surface area contributed by atoms with Gasteiger partial charge in [-0.3, -0.25) is 14.9 Å². The van der Waals surface area contributed by atoms with Crippen LogP contribution in [-0.2, 0) is 0 Å². The van der Waals surface area contributed by atoms with E-state index in [1.807, 2.05) is 0 Å². The third-order valence-electron chi connectivity index (χ3n) is 3.68. The third-order valence-corrected chi connectivity index (χ3v) is 3.99. The first-order valence-corrected chi connectivity index (χ1v) is 7.10. The van der Waals surface area contributed by atoms with E-state index in [0.29, 0.717) is 5.92 Å². The summed E-state index contributed by atoms with van der Waals surface area (Å²) >= 11 is 5.95. The van der Waals surface area contributed by atoms with Crippen LogP contribution in [-0.4, -0.2) is 16.9 Å². The Kier molecular flexibility index (Phi) is 4.60. The zero-order chi connectivity index (χ0) is 14.7. The Labute approximate surface area is 122 Å². The van der Waals surface area contributed by atoms with Crippen LogP contribution in [0.2, 0.25) is 5.02 Å². The van der Waals surface area contributed by atoms with Gasteiger partial charge in [-0.2, -0.15) is 0 Å². The zero-order valence-electron chi connectivity index (χ0n) is 11.3. The molecule has 0 bridgehead atoms. The van der Waals surface area contributed by atoms with Crippen LogP contribution in [0.1, 0.15) is 43.0 Å². The average molecular weight is 297 g/mol. The maximum absolute atomic E-state index is 12.2. The molecule has 5 nitrogen and oxygen atoms in total. The van der Waals surface area contributed by atoms with Crippen molar-refractivity contribution in [3.63, 3.8) is 0 Å². The molecule has 2 atom stereocenters. The highest BCUT2D eigenvalue weighted by molar-refractivity contribution is 6.34. The number of rotatable bonds is 3. The molecule has 1 saturated carbocycles. The summed E-state index contributed by atoms with van der Waals surface area (Å²) in [6, 6.07) is 4.07. The van der Waals surface area contributed by atoms with E-state index in [9.17, 15) is 14.9 Å². The van der Waals surface area contributed by atoms with Gasteiger partial charge in [0.1, 0.15) is 0 Å². The Morgan fingerprint density at radius 3 is 2.80 bits per heavy atom. The molecule has 0 saturated heterocycles. The van der Waals surface area contributed by atoms with Gasteiger partial charge in [-0.1, -0.05) is 31.4 Å². The van der Waals surface area contributed by atoms with Crippen LogP contribution >= 0.6 is 11.6 Å². The summed E-state index contributed by atoms with van der Waals surface area (Å²) in [4.78, 5) is 22.3. The van der Waals surface area contributed by atoms with E-state index in [0.717, 1.165) is 19.3 Å². The highest BCUT2D eigenvalue weighted by Gasteiger charge is 2.22. The lowest BCUT2D eigenvalue weighted by atomic mass is 9.87. The van der Waals surface area contributed by atoms with Gasteiger partial charge in [-0.25, -0.2) is 0 Å². The summed E-state index contributed by atoms with van der Waals surface area (Å²) in [5.41, 5.74) is 0.174. The van der Waals surface area contributed by atoms with Crippen LogP contribution in [0, 0.1) is 16.0 Å². The number of carbonyl (C=O) groups excluding carboxylic acids is 1. The van der Waals surface area contributed by atoms with Gasteiger partial charge in [0, 0.05) is 18.2 Å². The molecular formula is C14H17ClN2O3. The predicted molar refractivity (Wildman–Crippen MR) is 77.0 cm³/mol. The van der Waals surface area contributed by atoms with Crippen molar-refractivity contribution in [3.8, 4) is 0 Å². The van der Waals surface area contributed by atoms with Gasteiger partial charge in [0.15, 0.2) is 0 Å². The fourth-order valence-corrected chi connectivity index (χ4v) is 2.89. The molecule has 0 aliphatic heterocycles. The zero-order valence-corrected chi connectivity index (χ0v) is 12.0. The molecular weight excluding hydrogens is 280 g/mol. The van der Waals surface area contributed by atoms with Gasteiger partial charge < -0.3 is 5.32 Å². The second-order valence-corrected chi connectivity index (χ2v) is 5.77. The highest BCUT2D eigenvalue weighted by atomic mass is 35.5. The van der Waals surface area contributed by atoms with E-state index in [1.54, 1.807) is 0 Å². The SMILES string of the molecule is CC1CCCC(NC(=O)c2ccc([N+](=O)[O-])cc2Cl)C1. The number of hydrogen-bond acceptors (Lipinski definition) is 3. The number of halogens is 1. The number of hydrogen-bond donors (Lipinski definition) is 1. The summed E-state index contributed by atoms with van der Waals surface area (Å²) in [6.07, 6.45) is 4.25. The van der Waals surface area contributed by atoms with Crippen molar-refractivity contribution in [2.75, 3.05) is 0 Å². The first-order chi connectivity index (χ1) is 9.47. The Balaban J connectivity index is 2.07. The van der Waals surface area contributed by atoms with Crippen LogP contribution in [0.5, 0.6) is 0 Å². The molecule has 1 aromatic rings. The van der Waals surface area contributed by atoms with Crippen molar-refractivity contribution < 1.29 is 9.72 Å². The molecule has 108 valence electrons. The summed E-state index contributed by atoms with van der Waals surface area (Å²) in [7, 11) is 0. The fraction of sp³-hybridized carbons (Fsp3) is 0.500. The summed E-state index contributed by atoms with van der Waals surface area (Å²) in [5.74, 6) is 0.352. The van der Waals surface area contributed by atoms with Gasteiger partial charge in [-0.15, -0.1) is 0 Å². The van der Waals surface area contributed by atoms with Gasteiger partial charge in [-0.05, 0) is 24.8 Å². The molecule has 1 aliphatic rings. The minimum Gasteiger partial charge on any atom is -0.349 e. The maximum Gasteiger partial charge on any atom is 0.270 e. The van der Waals surface area contributed by atoms with Gasteiger partial charge in [0.05, 0.1) is 15.5 Å². The quantitative estimate of drug-likeness (QED) is 0.684. The first kappa shape index (κ1) is 14.8. The van der Waals surface area contributed by atoms with Gasteiger partial charge >= 0.3 is 0 Å². The number of nitro groups is 1. The molecule has 1 fully saturated rings. The number of non-ortho nitro benzene ring substituents is 1. The molecule has 20 heavy (non-hydrogen) atoms. The smallest absolute Gasteiger partial charge is 0.270 e. The van der Waals surface area contributed by atoms with E-state index in [2.05, 4.69) is 12.2 Å². The Bertz CT molecular complexity index is 533. The minimum atomic E-state index is -0.531. The van der Waals surface area contributed by atoms with E-state index in [4.69, 9.17) is 11.6 Å². The summed E-state index contributed by atoms with van der Waals surface area (Å²) < 4.78 is 0. The molecule has 0 spiro atoms. The topological polar surface area (TPSA) is 72.2 Å². The molecule has 1 aromatic carbocycles. The van der Waals surface area contributed by atoms with Crippen molar-refractivity contribution in [1.82, 2.24) is 5.32 Å². The normalized spacial score (nSPS) is 22.3. The van der Waals surface area contributed by atoms with E-state index in [-0.39, 0.29) is 28.2 Å². The summed E-state index contributed by atoms with van der Waals surface area (Å²) in [5, 5.41) is 13.7. The second kappa shape index (κ2) is 6.22. The number of nitro benzene ring substituents is 1. The molecule has 0 radical (unpaired) electrons. The summed E-state index contributed by atoms with van der Waals surface area (Å²) in [6.45, 7) is 2.18. The van der Waals surface area contributed by atoms with Crippen LogP contribution in [0.25, 0.3) is 0 Å². The maximum atomic E-state index is 12.2. The van der Waals surface area contributed by atoms with Crippen molar-refractivity contribution >= 4 is 23.2 Å².